The Balaban J connectivity index is 2.17. The maximum absolute atomic E-state index is 11.5. The lowest BCUT2D eigenvalue weighted by atomic mass is 10.0. The minimum Gasteiger partial charge on any atom is -0.294 e. The number of hydrogen-bond donors (Lipinski definition) is 0. The van der Waals surface area contributed by atoms with E-state index in [1.54, 1.807) is 6.92 Å². The molecule has 102 valence electrons. The molecule has 3 rings (SSSR count). The van der Waals surface area contributed by atoms with Gasteiger partial charge in [0.05, 0.1) is 10.6 Å². The zero-order valence-electron chi connectivity index (χ0n) is 12.0. The number of rotatable bonds is 2. The highest BCUT2D eigenvalue weighted by molar-refractivity contribution is 7.19. The fourth-order valence-electron chi connectivity index (χ4n) is 2.51. The highest BCUT2D eigenvalue weighted by atomic mass is 32.1. The number of nitrogens with zero attached hydrogens (tertiary/aromatic N) is 2. The third kappa shape index (κ3) is 1.96. The van der Waals surface area contributed by atoms with Crippen molar-refractivity contribution in [2.45, 2.75) is 27.7 Å². The van der Waals surface area contributed by atoms with E-state index in [4.69, 9.17) is 0 Å². The van der Waals surface area contributed by atoms with E-state index in [9.17, 15) is 4.79 Å². The minimum absolute atomic E-state index is 0.103. The topological polar surface area (TPSA) is 34.4 Å². The second-order valence-corrected chi connectivity index (χ2v) is 6.15. The SMILES string of the molecule is CC(=O)c1sc2nc(-c3ccc(C)cc3C)cn2c1C. The standard InChI is InChI=1S/C16H16N2OS/c1-9-5-6-13(10(2)7-9)14-8-18-11(3)15(12(4)19)20-16(18)17-14/h5-8H,1-4H3. The lowest BCUT2D eigenvalue weighted by Gasteiger charge is -2.03. The summed E-state index contributed by atoms with van der Waals surface area (Å²) in [5, 5.41) is 0. The molecule has 3 nitrogen and oxygen atoms in total. The van der Waals surface area contributed by atoms with Crippen molar-refractivity contribution in [2.24, 2.45) is 0 Å². The Morgan fingerprint density at radius 3 is 2.60 bits per heavy atom. The molecular weight excluding hydrogens is 268 g/mol. The van der Waals surface area contributed by atoms with Crippen molar-refractivity contribution in [3.63, 3.8) is 0 Å². The summed E-state index contributed by atoms with van der Waals surface area (Å²) in [4.78, 5) is 17.9. The van der Waals surface area contributed by atoms with Gasteiger partial charge < -0.3 is 0 Å². The van der Waals surface area contributed by atoms with E-state index in [0.29, 0.717) is 0 Å². The number of Topliss-reactive ketones (excluding diaryl/α,β-unsaturated/α-hetero) is 1. The largest absolute Gasteiger partial charge is 0.294 e. The summed E-state index contributed by atoms with van der Waals surface area (Å²) in [7, 11) is 0. The van der Waals surface area contributed by atoms with E-state index < -0.39 is 0 Å². The number of carbonyl (C=O) groups excluding carboxylic acids is 1. The van der Waals surface area contributed by atoms with Crippen LogP contribution >= 0.6 is 11.3 Å². The summed E-state index contributed by atoms with van der Waals surface area (Å²) in [5.41, 5.74) is 5.56. The van der Waals surface area contributed by atoms with Crippen molar-refractivity contribution in [3.8, 4) is 11.3 Å². The van der Waals surface area contributed by atoms with Crippen molar-refractivity contribution >= 4 is 22.1 Å². The molecule has 3 aromatic rings. The number of imidazole rings is 1. The summed E-state index contributed by atoms with van der Waals surface area (Å²) in [5.74, 6) is 0.103. The smallest absolute Gasteiger partial charge is 0.195 e. The number of fused-ring (bicyclic) bond motifs is 1. The Labute approximate surface area is 121 Å². The van der Waals surface area contributed by atoms with Gasteiger partial charge in [-0.05, 0) is 26.3 Å². The Kier molecular flexibility index (Phi) is 2.98. The zero-order valence-corrected chi connectivity index (χ0v) is 12.8. The lowest BCUT2D eigenvalue weighted by Crippen LogP contribution is -1.92. The van der Waals surface area contributed by atoms with Gasteiger partial charge in [-0.3, -0.25) is 9.20 Å². The van der Waals surface area contributed by atoms with Crippen LogP contribution in [0.25, 0.3) is 16.2 Å². The van der Waals surface area contributed by atoms with Gasteiger partial charge in [-0.15, -0.1) is 0 Å². The van der Waals surface area contributed by atoms with Crippen LogP contribution in [0.4, 0.5) is 0 Å². The van der Waals surface area contributed by atoms with Crippen LogP contribution in [0.1, 0.15) is 33.4 Å². The van der Waals surface area contributed by atoms with Crippen LogP contribution in [0.2, 0.25) is 0 Å². The maximum Gasteiger partial charge on any atom is 0.195 e. The summed E-state index contributed by atoms with van der Waals surface area (Å²) in [6.07, 6.45) is 2.02. The van der Waals surface area contributed by atoms with Crippen molar-refractivity contribution in [3.05, 3.63) is 46.1 Å². The molecular formula is C16H16N2OS. The molecule has 0 saturated carbocycles. The van der Waals surface area contributed by atoms with Crippen molar-refractivity contribution in [2.75, 3.05) is 0 Å². The van der Waals surface area contributed by atoms with Crippen LogP contribution in [0.5, 0.6) is 0 Å². The molecule has 20 heavy (non-hydrogen) atoms. The fraction of sp³-hybridized carbons (Fsp3) is 0.250. The monoisotopic (exact) mass is 284 g/mol. The molecule has 0 fully saturated rings. The van der Waals surface area contributed by atoms with Crippen LogP contribution in [0.15, 0.2) is 24.4 Å². The second-order valence-electron chi connectivity index (χ2n) is 5.17. The molecule has 0 saturated heterocycles. The molecule has 0 bridgehead atoms. The lowest BCUT2D eigenvalue weighted by molar-refractivity contribution is 0.102. The third-order valence-electron chi connectivity index (χ3n) is 3.53. The number of benzene rings is 1. The van der Waals surface area contributed by atoms with E-state index in [-0.39, 0.29) is 5.78 Å². The first kappa shape index (κ1) is 13.1. The zero-order chi connectivity index (χ0) is 14.4. The molecule has 0 atom stereocenters. The van der Waals surface area contributed by atoms with Gasteiger partial charge in [-0.25, -0.2) is 4.98 Å². The van der Waals surface area contributed by atoms with Crippen LogP contribution in [-0.2, 0) is 0 Å². The number of aryl methyl sites for hydroxylation is 3. The Hall–Kier alpha value is -1.94. The predicted octanol–water partition coefficient (Wildman–Crippen LogP) is 4.19. The van der Waals surface area contributed by atoms with Crippen LogP contribution in [-0.4, -0.2) is 15.2 Å². The average Bonchev–Trinajstić information content (AvgIpc) is 2.89. The Morgan fingerprint density at radius 1 is 1.25 bits per heavy atom. The number of hydrogen-bond acceptors (Lipinski definition) is 3. The van der Waals surface area contributed by atoms with Gasteiger partial charge >= 0.3 is 0 Å². The van der Waals surface area contributed by atoms with E-state index in [0.717, 1.165) is 26.8 Å². The highest BCUT2D eigenvalue weighted by Crippen LogP contribution is 2.29. The van der Waals surface area contributed by atoms with E-state index in [1.807, 2.05) is 17.5 Å². The summed E-state index contributed by atoms with van der Waals surface area (Å²) in [6, 6.07) is 6.37. The van der Waals surface area contributed by atoms with Gasteiger partial charge in [0.1, 0.15) is 0 Å². The van der Waals surface area contributed by atoms with Crippen molar-refractivity contribution in [1.29, 1.82) is 0 Å². The minimum atomic E-state index is 0.103. The molecule has 0 spiro atoms. The van der Waals surface area contributed by atoms with Crippen molar-refractivity contribution < 1.29 is 4.79 Å². The Bertz CT molecular complexity index is 826. The predicted molar refractivity (Wildman–Crippen MR) is 82.7 cm³/mol. The van der Waals surface area contributed by atoms with E-state index >= 15 is 0 Å². The normalized spacial score (nSPS) is 11.2. The number of thiazole rings is 1. The van der Waals surface area contributed by atoms with Crippen molar-refractivity contribution in [1.82, 2.24) is 9.38 Å². The summed E-state index contributed by atoms with van der Waals surface area (Å²) < 4.78 is 2.01. The van der Waals surface area contributed by atoms with Gasteiger partial charge in [0.2, 0.25) is 0 Å². The van der Waals surface area contributed by atoms with Gasteiger partial charge in [0.15, 0.2) is 10.7 Å². The summed E-state index contributed by atoms with van der Waals surface area (Å²) in [6.45, 7) is 7.76. The first-order chi connectivity index (χ1) is 9.47. The molecule has 4 heteroatoms. The molecule has 2 aromatic heterocycles. The third-order valence-corrected chi connectivity index (χ3v) is 4.79. The Morgan fingerprint density at radius 2 is 2.00 bits per heavy atom. The first-order valence-corrected chi connectivity index (χ1v) is 7.36. The van der Waals surface area contributed by atoms with Gasteiger partial charge in [-0.2, -0.15) is 0 Å². The number of carbonyl (C=O) groups is 1. The molecule has 1 aromatic carbocycles. The van der Waals surface area contributed by atoms with Gasteiger partial charge in [-0.1, -0.05) is 35.1 Å². The van der Waals surface area contributed by atoms with E-state index in [1.165, 1.54) is 22.5 Å². The second kappa shape index (κ2) is 4.56. The molecule has 0 amide bonds. The van der Waals surface area contributed by atoms with Gasteiger partial charge in [0, 0.05) is 24.4 Å². The highest BCUT2D eigenvalue weighted by Gasteiger charge is 2.15. The quantitative estimate of drug-likeness (QED) is 0.661. The molecule has 0 radical (unpaired) electrons. The fourth-order valence-corrected chi connectivity index (χ4v) is 3.51. The molecule has 2 heterocycles. The number of ketones is 1. The first-order valence-electron chi connectivity index (χ1n) is 6.54. The van der Waals surface area contributed by atoms with Crippen LogP contribution in [0, 0.1) is 20.8 Å². The molecule has 0 aliphatic heterocycles. The number of aromatic nitrogens is 2. The molecule has 0 N–H and O–H groups in total. The van der Waals surface area contributed by atoms with E-state index in [2.05, 4.69) is 37.0 Å². The average molecular weight is 284 g/mol. The van der Waals surface area contributed by atoms with Gasteiger partial charge in [0.25, 0.3) is 0 Å². The van der Waals surface area contributed by atoms with Crippen LogP contribution in [0.3, 0.4) is 0 Å². The molecule has 0 aliphatic rings. The van der Waals surface area contributed by atoms with Crippen LogP contribution < -0.4 is 0 Å². The molecule has 0 aliphatic carbocycles. The molecule has 0 unspecified atom stereocenters. The maximum atomic E-state index is 11.5. The summed E-state index contributed by atoms with van der Waals surface area (Å²) >= 11 is 1.46.